The second-order valence-electron chi connectivity index (χ2n) is 2.79. The summed E-state index contributed by atoms with van der Waals surface area (Å²) in [6.07, 6.45) is 0. The fraction of sp³-hybridized carbons (Fsp3) is 0.300. The van der Waals surface area contributed by atoms with Crippen molar-refractivity contribution < 1.29 is 4.39 Å². The van der Waals surface area contributed by atoms with E-state index in [0.717, 1.165) is 0 Å². The van der Waals surface area contributed by atoms with Crippen molar-refractivity contribution in [2.45, 2.75) is 13.0 Å². The SMILES string of the molecule is CCNC(C#N)c1ccc(Br)c(F)c1. The molecule has 0 radical (unpaired) electrons. The third-order valence-electron chi connectivity index (χ3n) is 1.81. The molecule has 1 aromatic rings. The summed E-state index contributed by atoms with van der Waals surface area (Å²) in [5.74, 6) is -0.347. The summed E-state index contributed by atoms with van der Waals surface area (Å²) >= 11 is 3.06. The maximum atomic E-state index is 13.1. The van der Waals surface area contributed by atoms with Crippen LogP contribution in [0.5, 0.6) is 0 Å². The normalized spacial score (nSPS) is 12.1. The van der Waals surface area contributed by atoms with Crippen LogP contribution in [-0.2, 0) is 0 Å². The average molecular weight is 257 g/mol. The molecule has 0 aromatic heterocycles. The van der Waals surface area contributed by atoms with Crippen LogP contribution in [0.25, 0.3) is 0 Å². The van der Waals surface area contributed by atoms with Crippen LogP contribution in [0.3, 0.4) is 0 Å². The molecular formula is C10H10BrFN2. The second kappa shape index (κ2) is 5.08. The molecule has 1 N–H and O–H groups in total. The lowest BCUT2D eigenvalue weighted by Crippen LogP contribution is -2.19. The van der Waals surface area contributed by atoms with Gasteiger partial charge in [0.25, 0.3) is 0 Å². The summed E-state index contributed by atoms with van der Waals surface area (Å²) in [7, 11) is 0. The van der Waals surface area contributed by atoms with Crippen molar-refractivity contribution in [2.24, 2.45) is 0 Å². The van der Waals surface area contributed by atoms with Crippen molar-refractivity contribution in [1.29, 1.82) is 5.26 Å². The minimum absolute atomic E-state index is 0.347. The molecule has 4 heteroatoms. The first-order valence-electron chi connectivity index (χ1n) is 4.27. The molecule has 0 saturated heterocycles. The van der Waals surface area contributed by atoms with E-state index in [1.165, 1.54) is 6.07 Å². The zero-order valence-corrected chi connectivity index (χ0v) is 9.31. The summed E-state index contributed by atoms with van der Waals surface area (Å²) < 4.78 is 13.5. The van der Waals surface area contributed by atoms with Gasteiger partial charge in [0.2, 0.25) is 0 Å². The lowest BCUT2D eigenvalue weighted by molar-refractivity contribution is 0.607. The van der Waals surface area contributed by atoms with Crippen LogP contribution < -0.4 is 5.32 Å². The Morgan fingerprint density at radius 1 is 1.64 bits per heavy atom. The molecule has 1 atom stereocenters. The Bertz CT molecular complexity index is 360. The van der Waals surface area contributed by atoms with Gasteiger partial charge in [0.05, 0.1) is 10.5 Å². The topological polar surface area (TPSA) is 35.8 Å². The van der Waals surface area contributed by atoms with E-state index in [9.17, 15) is 4.39 Å². The summed E-state index contributed by atoms with van der Waals surface area (Å²) in [4.78, 5) is 0. The number of hydrogen-bond acceptors (Lipinski definition) is 2. The fourth-order valence-corrected chi connectivity index (χ4v) is 1.38. The smallest absolute Gasteiger partial charge is 0.137 e. The second-order valence-corrected chi connectivity index (χ2v) is 3.65. The molecule has 1 rings (SSSR count). The van der Waals surface area contributed by atoms with Crippen LogP contribution in [0.4, 0.5) is 4.39 Å². The lowest BCUT2D eigenvalue weighted by atomic mass is 10.1. The van der Waals surface area contributed by atoms with Crippen LogP contribution in [0.2, 0.25) is 0 Å². The third-order valence-corrected chi connectivity index (χ3v) is 2.46. The van der Waals surface area contributed by atoms with Crippen LogP contribution >= 0.6 is 15.9 Å². The summed E-state index contributed by atoms with van der Waals surface area (Å²) in [5, 5.41) is 11.8. The molecule has 0 heterocycles. The highest BCUT2D eigenvalue weighted by atomic mass is 79.9. The highest BCUT2D eigenvalue weighted by molar-refractivity contribution is 9.10. The average Bonchev–Trinajstić information content (AvgIpc) is 2.19. The number of hydrogen-bond donors (Lipinski definition) is 1. The van der Waals surface area contributed by atoms with E-state index in [0.29, 0.717) is 16.6 Å². The minimum atomic E-state index is -0.442. The van der Waals surface area contributed by atoms with Crippen molar-refractivity contribution in [2.75, 3.05) is 6.54 Å². The zero-order valence-electron chi connectivity index (χ0n) is 7.72. The van der Waals surface area contributed by atoms with Gasteiger partial charge in [0, 0.05) is 0 Å². The molecule has 1 aromatic carbocycles. The van der Waals surface area contributed by atoms with Gasteiger partial charge >= 0.3 is 0 Å². The van der Waals surface area contributed by atoms with Gasteiger partial charge in [-0.1, -0.05) is 13.0 Å². The first-order chi connectivity index (χ1) is 6.69. The number of benzene rings is 1. The Morgan fingerprint density at radius 3 is 2.86 bits per heavy atom. The van der Waals surface area contributed by atoms with Crippen LogP contribution in [-0.4, -0.2) is 6.54 Å². The van der Waals surface area contributed by atoms with Gasteiger partial charge in [0.15, 0.2) is 0 Å². The first-order valence-corrected chi connectivity index (χ1v) is 5.06. The van der Waals surface area contributed by atoms with E-state index in [1.807, 2.05) is 6.92 Å². The van der Waals surface area contributed by atoms with E-state index < -0.39 is 6.04 Å². The molecule has 0 bridgehead atoms. The standard InChI is InChI=1S/C10H10BrFN2/c1-2-14-10(6-13)7-3-4-8(11)9(12)5-7/h3-5,10,14H,2H2,1H3. The Morgan fingerprint density at radius 2 is 2.36 bits per heavy atom. The molecule has 1 unspecified atom stereocenters. The van der Waals surface area contributed by atoms with Crippen LogP contribution in [0.15, 0.2) is 22.7 Å². The van der Waals surface area contributed by atoms with E-state index in [4.69, 9.17) is 5.26 Å². The molecule has 0 aliphatic heterocycles. The van der Waals surface area contributed by atoms with Crippen molar-refractivity contribution >= 4 is 15.9 Å². The Balaban J connectivity index is 2.95. The van der Waals surface area contributed by atoms with Gasteiger partial charge in [0.1, 0.15) is 11.9 Å². The zero-order chi connectivity index (χ0) is 10.6. The molecule has 14 heavy (non-hydrogen) atoms. The minimum Gasteiger partial charge on any atom is -0.298 e. The molecule has 0 amide bonds. The number of nitriles is 1. The first kappa shape index (κ1) is 11.2. The van der Waals surface area contributed by atoms with E-state index in [2.05, 4.69) is 27.3 Å². The monoisotopic (exact) mass is 256 g/mol. The fourth-order valence-electron chi connectivity index (χ4n) is 1.13. The lowest BCUT2D eigenvalue weighted by Gasteiger charge is -2.10. The third kappa shape index (κ3) is 2.53. The quantitative estimate of drug-likeness (QED) is 0.903. The maximum absolute atomic E-state index is 13.1. The molecule has 0 aliphatic carbocycles. The van der Waals surface area contributed by atoms with Crippen molar-refractivity contribution in [3.63, 3.8) is 0 Å². The molecule has 0 fully saturated rings. The number of halogens is 2. The van der Waals surface area contributed by atoms with E-state index in [1.54, 1.807) is 12.1 Å². The Hall–Kier alpha value is -0.920. The van der Waals surface area contributed by atoms with Crippen LogP contribution in [0, 0.1) is 17.1 Å². The number of nitrogens with zero attached hydrogens (tertiary/aromatic N) is 1. The van der Waals surface area contributed by atoms with Gasteiger partial charge in [-0.2, -0.15) is 5.26 Å². The molecule has 0 spiro atoms. The molecule has 74 valence electrons. The molecular weight excluding hydrogens is 247 g/mol. The van der Waals surface area contributed by atoms with Crippen LogP contribution in [0.1, 0.15) is 18.5 Å². The highest BCUT2D eigenvalue weighted by Gasteiger charge is 2.10. The Kier molecular flexibility index (Phi) is 4.05. The molecule has 2 nitrogen and oxygen atoms in total. The molecule has 0 saturated carbocycles. The van der Waals surface area contributed by atoms with Crippen molar-refractivity contribution in [1.82, 2.24) is 5.32 Å². The largest absolute Gasteiger partial charge is 0.298 e. The number of nitrogens with one attached hydrogen (secondary N) is 1. The van der Waals surface area contributed by atoms with Crippen molar-refractivity contribution in [3.05, 3.63) is 34.1 Å². The predicted octanol–water partition coefficient (Wildman–Crippen LogP) is 2.76. The van der Waals surface area contributed by atoms with Gasteiger partial charge in [-0.25, -0.2) is 4.39 Å². The van der Waals surface area contributed by atoms with E-state index >= 15 is 0 Å². The number of rotatable bonds is 3. The highest BCUT2D eigenvalue weighted by Crippen LogP contribution is 2.20. The summed E-state index contributed by atoms with van der Waals surface area (Å²) in [6.45, 7) is 2.58. The van der Waals surface area contributed by atoms with Gasteiger partial charge in [-0.15, -0.1) is 0 Å². The maximum Gasteiger partial charge on any atom is 0.137 e. The van der Waals surface area contributed by atoms with Gasteiger partial charge < -0.3 is 0 Å². The predicted molar refractivity (Wildman–Crippen MR) is 56.1 cm³/mol. The summed E-state index contributed by atoms with van der Waals surface area (Å²) in [5.41, 5.74) is 0.648. The van der Waals surface area contributed by atoms with Gasteiger partial charge in [-0.05, 0) is 40.2 Å². The van der Waals surface area contributed by atoms with Gasteiger partial charge in [-0.3, -0.25) is 5.32 Å². The van der Waals surface area contributed by atoms with Crippen molar-refractivity contribution in [3.8, 4) is 6.07 Å². The molecule has 0 aliphatic rings. The van der Waals surface area contributed by atoms with E-state index in [-0.39, 0.29) is 5.82 Å². The Labute approximate surface area is 90.9 Å². The summed E-state index contributed by atoms with van der Waals surface area (Å²) in [6, 6.07) is 6.32.